The molecule has 2 N–H and O–H groups in total. The highest BCUT2D eigenvalue weighted by atomic mass is 19.4. The molecule has 0 fully saturated rings. The molecular weight excluding hydrogens is 430 g/mol. The van der Waals surface area contributed by atoms with E-state index in [4.69, 9.17) is 0 Å². The molecule has 1 aromatic carbocycles. The predicted molar refractivity (Wildman–Crippen MR) is 107 cm³/mol. The quantitative estimate of drug-likeness (QED) is 0.566. The van der Waals surface area contributed by atoms with Crippen LogP contribution in [0.3, 0.4) is 0 Å². The van der Waals surface area contributed by atoms with Crippen LogP contribution in [0.1, 0.15) is 40.1 Å². The molecule has 0 saturated carbocycles. The fourth-order valence-corrected chi connectivity index (χ4v) is 3.09. The standard InChI is InChI=1S/C22H19F4N3O3/c1-13(30)11-29-12-15(6-9-18(29)31)21(32)28-19(20-17(23)3-2-10-27-20)14-4-7-16(8-5-14)22(24,25)26/h2-10,12-13,19,30H,11H2,1H3,(H,28,32)/t13-,19?/m1/s1. The lowest BCUT2D eigenvalue weighted by molar-refractivity contribution is -0.137. The fraction of sp³-hybridized carbons (Fsp3) is 0.227. The molecule has 2 aromatic heterocycles. The average molecular weight is 449 g/mol. The average Bonchev–Trinajstić information content (AvgIpc) is 2.73. The SMILES string of the molecule is C[C@@H](O)Cn1cc(C(=O)NC(c2ccc(C(F)(F)F)cc2)c2ncccc2F)ccc1=O. The largest absolute Gasteiger partial charge is 0.416 e. The van der Waals surface area contributed by atoms with Crippen LogP contribution in [0.15, 0.2) is 65.7 Å². The van der Waals surface area contributed by atoms with Crippen molar-refractivity contribution in [3.8, 4) is 0 Å². The second-order valence-corrected chi connectivity index (χ2v) is 7.15. The van der Waals surface area contributed by atoms with Crippen LogP contribution in [0.4, 0.5) is 17.6 Å². The Morgan fingerprint density at radius 2 is 1.84 bits per heavy atom. The molecule has 0 saturated heterocycles. The number of nitrogens with one attached hydrogen (secondary N) is 1. The van der Waals surface area contributed by atoms with E-state index in [2.05, 4.69) is 10.3 Å². The number of carbonyl (C=O) groups excluding carboxylic acids is 1. The molecule has 6 nitrogen and oxygen atoms in total. The number of hydrogen-bond acceptors (Lipinski definition) is 4. The van der Waals surface area contributed by atoms with E-state index in [0.29, 0.717) is 0 Å². The van der Waals surface area contributed by atoms with E-state index in [1.54, 1.807) is 0 Å². The van der Waals surface area contributed by atoms with Gasteiger partial charge in [-0.2, -0.15) is 13.2 Å². The molecule has 0 aliphatic heterocycles. The highest BCUT2D eigenvalue weighted by Crippen LogP contribution is 2.31. The minimum absolute atomic E-state index is 0.0403. The van der Waals surface area contributed by atoms with Crippen LogP contribution in [0.2, 0.25) is 0 Å². The van der Waals surface area contributed by atoms with Gasteiger partial charge in [-0.3, -0.25) is 14.6 Å². The van der Waals surface area contributed by atoms with Gasteiger partial charge in [-0.1, -0.05) is 12.1 Å². The Labute approximate surface area is 180 Å². The zero-order valence-electron chi connectivity index (χ0n) is 16.8. The number of hydrogen-bond donors (Lipinski definition) is 2. The Morgan fingerprint density at radius 1 is 1.16 bits per heavy atom. The van der Waals surface area contributed by atoms with Crippen LogP contribution in [0, 0.1) is 5.82 Å². The first-order valence-corrected chi connectivity index (χ1v) is 9.53. The number of aliphatic hydroxyl groups excluding tert-OH is 1. The number of alkyl halides is 3. The molecule has 3 rings (SSSR count). The maximum absolute atomic E-state index is 14.4. The van der Waals surface area contributed by atoms with E-state index in [1.807, 2.05) is 0 Å². The summed E-state index contributed by atoms with van der Waals surface area (Å²) in [6.45, 7) is 1.43. The van der Waals surface area contributed by atoms with Gasteiger partial charge in [-0.15, -0.1) is 0 Å². The predicted octanol–water partition coefficient (Wildman–Crippen LogP) is 3.30. The second kappa shape index (κ2) is 9.31. The van der Waals surface area contributed by atoms with Gasteiger partial charge in [0.1, 0.15) is 11.5 Å². The van der Waals surface area contributed by atoms with Crippen molar-refractivity contribution in [3.63, 3.8) is 0 Å². The lowest BCUT2D eigenvalue weighted by Gasteiger charge is -2.20. The Bertz CT molecular complexity index is 1160. The normalized spacial score (nSPS) is 13.4. The maximum atomic E-state index is 14.4. The summed E-state index contributed by atoms with van der Waals surface area (Å²) in [4.78, 5) is 28.7. The van der Waals surface area contributed by atoms with Crippen molar-refractivity contribution < 1.29 is 27.5 Å². The molecule has 2 atom stereocenters. The van der Waals surface area contributed by atoms with Crippen molar-refractivity contribution in [2.75, 3.05) is 0 Å². The first kappa shape index (κ1) is 23.1. The summed E-state index contributed by atoms with van der Waals surface area (Å²) in [6.07, 6.45) is -2.85. The van der Waals surface area contributed by atoms with Crippen LogP contribution in [-0.4, -0.2) is 26.7 Å². The summed E-state index contributed by atoms with van der Waals surface area (Å²) < 4.78 is 54.3. The van der Waals surface area contributed by atoms with E-state index in [1.165, 1.54) is 31.5 Å². The van der Waals surface area contributed by atoms with E-state index < -0.39 is 41.2 Å². The third-order valence-electron chi connectivity index (χ3n) is 4.61. The van der Waals surface area contributed by atoms with E-state index in [0.717, 1.165) is 41.0 Å². The van der Waals surface area contributed by atoms with Gasteiger partial charge in [0.05, 0.1) is 29.8 Å². The zero-order valence-corrected chi connectivity index (χ0v) is 16.8. The molecule has 10 heteroatoms. The third kappa shape index (κ3) is 5.38. The van der Waals surface area contributed by atoms with Gasteiger partial charge in [0.25, 0.3) is 11.5 Å². The molecule has 2 heterocycles. The fourth-order valence-electron chi connectivity index (χ4n) is 3.09. The van der Waals surface area contributed by atoms with E-state index >= 15 is 0 Å². The number of benzene rings is 1. The molecule has 0 aliphatic carbocycles. The molecule has 0 aliphatic rings. The van der Waals surface area contributed by atoms with E-state index in [9.17, 15) is 32.3 Å². The summed E-state index contributed by atoms with van der Waals surface area (Å²) in [5.41, 5.74) is -1.28. The van der Waals surface area contributed by atoms with E-state index in [-0.39, 0.29) is 23.4 Å². The number of carbonyl (C=O) groups is 1. The minimum atomic E-state index is -4.55. The van der Waals surface area contributed by atoms with Crippen LogP contribution in [0.5, 0.6) is 0 Å². The molecule has 3 aromatic rings. The highest BCUT2D eigenvalue weighted by molar-refractivity contribution is 5.94. The van der Waals surface area contributed by atoms with Crippen molar-refractivity contribution >= 4 is 5.91 Å². The van der Waals surface area contributed by atoms with Crippen molar-refractivity contribution in [1.29, 1.82) is 0 Å². The summed E-state index contributed by atoms with van der Waals surface area (Å²) in [7, 11) is 0. The molecule has 0 spiro atoms. The van der Waals surface area contributed by atoms with Crippen LogP contribution in [0.25, 0.3) is 0 Å². The van der Waals surface area contributed by atoms with Gasteiger partial charge < -0.3 is 15.0 Å². The molecular formula is C22H19F4N3O3. The summed E-state index contributed by atoms with van der Waals surface area (Å²) in [6, 6.07) is 7.61. The van der Waals surface area contributed by atoms with Crippen LogP contribution >= 0.6 is 0 Å². The minimum Gasteiger partial charge on any atom is -0.392 e. The van der Waals surface area contributed by atoms with Gasteiger partial charge in [-0.25, -0.2) is 4.39 Å². The van der Waals surface area contributed by atoms with Gasteiger partial charge >= 0.3 is 6.18 Å². The molecule has 1 unspecified atom stereocenters. The number of halogens is 4. The second-order valence-electron chi connectivity index (χ2n) is 7.15. The van der Waals surface area contributed by atoms with Gasteiger partial charge in [0.2, 0.25) is 0 Å². The Hall–Kier alpha value is -3.53. The smallest absolute Gasteiger partial charge is 0.392 e. The molecule has 0 bridgehead atoms. The van der Waals surface area contributed by atoms with Crippen molar-refractivity contribution in [2.24, 2.45) is 0 Å². The number of nitrogens with zero attached hydrogens (tertiary/aromatic N) is 2. The summed E-state index contributed by atoms with van der Waals surface area (Å²) in [5, 5.41) is 12.1. The summed E-state index contributed by atoms with van der Waals surface area (Å²) in [5.74, 6) is -1.46. The number of pyridine rings is 2. The van der Waals surface area contributed by atoms with Gasteiger partial charge in [0, 0.05) is 18.5 Å². The molecule has 0 radical (unpaired) electrons. The molecule has 168 valence electrons. The highest BCUT2D eigenvalue weighted by Gasteiger charge is 2.31. The number of rotatable bonds is 6. The van der Waals surface area contributed by atoms with Gasteiger partial charge in [-0.05, 0) is 42.8 Å². The third-order valence-corrected chi connectivity index (χ3v) is 4.61. The van der Waals surface area contributed by atoms with Crippen molar-refractivity contribution in [2.45, 2.75) is 31.8 Å². The Morgan fingerprint density at radius 3 is 2.44 bits per heavy atom. The first-order valence-electron chi connectivity index (χ1n) is 9.53. The van der Waals surface area contributed by atoms with Crippen LogP contribution in [-0.2, 0) is 12.7 Å². The number of aliphatic hydroxyl groups is 1. The summed E-state index contributed by atoms with van der Waals surface area (Å²) >= 11 is 0. The number of amides is 1. The number of aromatic nitrogens is 2. The van der Waals surface area contributed by atoms with Crippen molar-refractivity contribution in [1.82, 2.24) is 14.9 Å². The lowest BCUT2D eigenvalue weighted by Crippen LogP contribution is -2.32. The maximum Gasteiger partial charge on any atom is 0.416 e. The van der Waals surface area contributed by atoms with Gasteiger partial charge in [0.15, 0.2) is 0 Å². The zero-order chi connectivity index (χ0) is 23.5. The molecule has 1 amide bonds. The Kier molecular flexibility index (Phi) is 6.73. The van der Waals surface area contributed by atoms with Crippen molar-refractivity contribution in [3.05, 3.63) is 99.5 Å². The Balaban J connectivity index is 1.98. The monoisotopic (exact) mass is 449 g/mol. The first-order chi connectivity index (χ1) is 15.1. The topological polar surface area (TPSA) is 84.2 Å². The molecule has 32 heavy (non-hydrogen) atoms. The van der Waals surface area contributed by atoms with Crippen LogP contribution < -0.4 is 10.9 Å². The lowest BCUT2D eigenvalue weighted by atomic mass is 10.0.